The number of imidazole rings is 1. The summed E-state index contributed by atoms with van der Waals surface area (Å²) < 4.78 is 14.0. The molecule has 4 rings (SSSR count). The van der Waals surface area contributed by atoms with E-state index >= 15 is 0 Å². The lowest BCUT2D eigenvalue weighted by Gasteiger charge is -2.38. The van der Waals surface area contributed by atoms with E-state index in [1.165, 1.54) is 5.56 Å². The van der Waals surface area contributed by atoms with Gasteiger partial charge in [0.25, 0.3) is 0 Å². The van der Waals surface area contributed by atoms with E-state index in [2.05, 4.69) is 42.5 Å². The van der Waals surface area contributed by atoms with Crippen LogP contribution < -0.4 is 4.74 Å². The number of rotatable bonds is 3. The van der Waals surface area contributed by atoms with Crippen LogP contribution in [0.3, 0.4) is 0 Å². The minimum atomic E-state index is -0.270. The van der Waals surface area contributed by atoms with E-state index in [1.54, 1.807) is 12.3 Å². The average Bonchev–Trinajstić information content (AvgIpc) is 3.22. The SMILES string of the molecule is Cc1ccc2c(c1)[C@H](n1ccnc1-c1ccc(CO)o1)CC(C)(C)O2. The standard InChI is InChI=1S/C20H22N2O3/c1-13-4-6-17-15(10-13)16(11-20(2,3)25-17)22-9-8-21-19(22)18-7-5-14(12-23)24-18/h4-10,16,23H,11-12H2,1-3H3/t16-/m1/s1. The maximum absolute atomic E-state index is 9.26. The number of ether oxygens (including phenoxy) is 1. The molecule has 0 amide bonds. The molecule has 25 heavy (non-hydrogen) atoms. The number of aromatic nitrogens is 2. The molecule has 0 spiro atoms. The second-order valence-electron chi connectivity index (χ2n) is 7.21. The fourth-order valence-corrected chi connectivity index (χ4v) is 3.52. The zero-order valence-electron chi connectivity index (χ0n) is 14.7. The second kappa shape index (κ2) is 5.77. The molecule has 0 fully saturated rings. The largest absolute Gasteiger partial charge is 0.487 e. The zero-order valence-corrected chi connectivity index (χ0v) is 14.7. The number of aliphatic hydroxyl groups is 1. The smallest absolute Gasteiger partial charge is 0.176 e. The molecule has 0 radical (unpaired) electrons. The summed E-state index contributed by atoms with van der Waals surface area (Å²) in [7, 11) is 0. The Morgan fingerprint density at radius 1 is 1.28 bits per heavy atom. The summed E-state index contributed by atoms with van der Waals surface area (Å²) in [5.74, 6) is 2.87. The van der Waals surface area contributed by atoms with Crippen LogP contribution in [0.15, 0.2) is 47.1 Å². The summed E-state index contributed by atoms with van der Waals surface area (Å²) in [6.45, 7) is 6.19. The van der Waals surface area contributed by atoms with E-state index in [0.717, 1.165) is 23.6 Å². The quantitative estimate of drug-likeness (QED) is 0.781. The monoisotopic (exact) mass is 338 g/mol. The molecule has 0 bridgehead atoms. The van der Waals surface area contributed by atoms with Crippen molar-refractivity contribution in [3.05, 3.63) is 59.6 Å². The van der Waals surface area contributed by atoms with Crippen LogP contribution in [0.1, 0.15) is 43.2 Å². The molecule has 1 N–H and O–H groups in total. The third-order valence-corrected chi connectivity index (χ3v) is 4.64. The van der Waals surface area contributed by atoms with Crippen LogP contribution in [0.25, 0.3) is 11.6 Å². The van der Waals surface area contributed by atoms with Gasteiger partial charge in [0.2, 0.25) is 0 Å². The van der Waals surface area contributed by atoms with Gasteiger partial charge in [0, 0.05) is 24.4 Å². The van der Waals surface area contributed by atoms with Crippen LogP contribution in [0.5, 0.6) is 5.75 Å². The number of hydrogen-bond donors (Lipinski definition) is 1. The van der Waals surface area contributed by atoms with E-state index in [-0.39, 0.29) is 18.2 Å². The molecule has 1 aliphatic heterocycles. The van der Waals surface area contributed by atoms with E-state index in [0.29, 0.717) is 11.5 Å². The summed E-state index contributed by atoms with van der Waals surface area (Å²) in [5.41, 5.74) is 2.09. The van der Waals surface area contributed by atoms with Crippen LogP contribution >= 0.6 is 0 Å². The van der Waals surface area contributed by atoms with Crippen molar-refractivity contribution in [2.24, 2.45) is 0 Å². The van der Waals surface area contributed by atoms with Crippen molar-refractivity contribution >= 4 is 0 Å². The van der Waals surface area contributed by atoms with Gasteiger partial charge in [-0.05, 0) is 39.0 Å². The highest BCUT2D eigenvalue weighted by molar-refractivity contribution is 5.50. The summed E-state index contributed by atoms with van der Waals surface area (Å²) in [6.07, 6.45) is 4.60. The van der Waals surface area contributed by atoms with Crippen molar-refractivity contribution in [2.45, 2.75) is 45.4 Å². The summed E-state index contributed by atoms with van der Waals surface area (Å²) in [6, 6.07) is 10.0. The molecule has 0 saturated carbocycles. The van der Waals surface area contributed by atoms with E-state index < -0.39 is 0 Å². The third kappa shape index (κ3) is 2.85. The fraction of sp³-hybridized carbons (Fsp3) is 0.350. The molecule has 1 atom stereocenters. The number of furan rings is 1. The van der Waals surface area contributed by atoms with Gasteiger partial charge in [-0.15, -0.1) is 0 Å². The Morgan fingerprint density at radius 2 is 2.12 bits per heavy atom. The number of aliphatic hydroxyl groups excluding tert-OH is 1. The van der Waals surface area contributed by atoms with Crippen molar-refractivity contribution < 1.29 is 14.3 Å². The number of aryl methyl sites for hydroxylation is 1. The molecule has 3 heterocycles. The van der Waals surface area contributed by atoms with Gasteiger partial charge < -0.3 is 18.8 Å². The lowest BCUT2D eigenvalue weighted by Crippen LogP contribution is -2.37. The number of benzene rings is 1. The molecule has 2 aromatic heterocycles. The Morgan fingerprint density at radius 3 is 2.88 bits per heavy atom. The number of fused-ring (bicyclic) bond motifs is 1. The van der Waals surface area contributed by atoms with Crippen LogP contribution in [0.4, 0.5) is 0 Å². The molecular formula is C20H22N2O3. The van der Waals surface area contributed by atoms with Crippen LogP contribution in [-0.4, -0.2) is 20.3 Å². The maximum Gasteiger partial charge on any atom is 0.176 e. The first-order chi connectivity index (χ1) is 12.0. The predicted molar refractivity (Wildman–Crippen MR) is 94.5 cm³/mol. The summed E-state index contributed by atoms with van der Waals surface area (Å²) in [4.78, 5) is 4.50. The Bertz CT molecular complexity index is 907. The van der Waals surface area contributed by atoms with Gasteiger partial charge in [-0.1, -0.05) is 17.7 Å². The fourth-order valence-electron chi connectivity index (χ4n) is 3.52. The molecule has 130 valence electrons. The lowest BCUT2D eigenvalue weighted by molar-refractivity contribution is 0.0672. The molecular weight excluding hydrogens is 316 g/mol. The van der Waals surface area contributed by atoms with Crippen LogP contribution in [0, 0.1) is 6.92 Å². The van der Waals surface area contributed by atoms with Gasteiger partial charge in [0.1, 0.15) is 23.7 Å². The van der Waals surface area contributed by atoms with Gasteiger partial charge in [-0.25, -0.2) is 4.98 Å². The molecule has 1 aromatic carbocycles. The normalized spacial score (nSPS) is 18.6. The molecule has 5 nitrogen and oxygen atoms in total. The summed E-state index contributed by atoms with van der Waals surface area (Å²) >= 11 is 0. The molecule has 3 aromatic rings. The van der Waals surface area contributed by atoms with Gasteiger partial charge in [0.05, 0.1) is 6.04 Å². The van der Waals surface area contributed by atoms with Gasteiger partial charge in [0.15, 0.2) is 11.6 Å². The van der Waals surface area contributed by atoms with E-state index in [4.69, 9.17) is 9.15 Å². The predicted octanol–water partition coefficient (Wildman–Crippen LogP) is 4.09. The minimum Gasteiger partial charge on any atom is -0.487 e. The molecule has 0 saturated heterocycles. The van der Waals surface area contributed by atoms with E-state index in [1.807, 2.05) is 18.3 Å². The first kappa shape index (κ1) is 16.0. The maximum atomic E-state index is 9.26. The highest BCUT2D eigenvalue weighted by Gasteiger charge is 2.35. The van der Waals surface area contributed by atoms with Crippen molar-refractivity contribution in [3.63, 3.8) is 0 Å². The molecule has 0 unspecified atom stereocenters. The van der Waals surface area contributed by atoms with Crippen molar-refractivity contribution in [1.82, 2.24) is 9.55 Å². The highest BCUT2D eigenvalue weighted by Crippen LogP contribution is 2.43. The third-order valence-electron chi connectivity index (χ3n) is 4.64. The van der Waals surface area contributed by atoms with Crippen molar-refractivity contribution in [2.75, 3.05) is 0 Å². The number of nitrogens with zero attached hydrogens (tertiary/aromatic N) is 2. The number of hydrogen-bond acceptors (Lipinski definition) is 4. The topological polar surface area (TPSA) is 60.4 Å². The second-order valence-corrected chi connectivity index (χ2v) is 7.21. The molecule has 5 heteroatoms. The molecule has 0 aliphatic carbocycles. The lowest BCUT2D eigenvalue weighted by atomic mass is 9.88. The Hall–Kier alpha value is -2.53. The minimum absolute atomic E-state index is 0.110. The Labute approximate surface area is 146 Å². The van der Waals surface area contributed by atoms with Crippen LogP contribution in [-0.2, 0) is 6.61 Å². The average molecular weight is 338 g/mol. The summed E-state index contributed by atoms with van der Waals surface area (Å²) in [5, 5.41) is 9.26. The Balaban J connectivity index is 1.83. The Kier molecular flexibility index (Phi) is 3.69. The van der Waals surface area contributed by atoms with Crippen molar-refractivity contribution in [1.29, 1.82) is 0 Å². The van der Waals surface area contributed by atoms with E-state index in [9.17, 15) is 5.11 Å². The first-order valence-corrected chi connectivity index (χ1v) is 8.49. The zero-order chi connectivity index (χ0) is 17.6. The van der Waals surface area contributed by atoms with Crippen LogP contribution in [0.2, 0.25) is 0 Å². The highest BCUT2D eigenvalue weighted by atomic mass is 16.5. The van der Waals surface area contributed by atoms with Crippen molar-refractivity contribution in [3.8, 4) is 17.3 Å². The van der Waals surface area contributed by atoms with Gasteiger partial charge in [-0.3, -0.25) is 0 Å². The van der Waals surface area contributed by atoms with Gasteiger partial charge in [-0.2, -0.15) is 0 Å². The molecule has 1 aliphatic rings. The van der Waals surface area contributed by atoms with Gasteiger partial charge >= 0.3 is 0 Å². The first-order valence-electron chi connectivity index (χ1n) is 8.49.